The minimum absolute atomic E-state index is 0.0762. The minimum Gasteiger partial charge on any atom is -0.456 e. The average Bonchev–Trinajstić information content (AvgIpc) is 3.21. The Hall–Kier alpha value is -3.10. The summed E-state index contributed by atoms with van der Waals surface area (Å²) in [4.78, 5) is 39.4. The van der Waals surface area contributed by atoms with Crippen molar-refractivity contribution in [2.75, 3.05) is 0 Å². The van der Waals surface area contributed by atoms with E-state index in [0.29, 0.717) is 29.9 Å². The molecule has 9 heteroatoms. The molecule has 3 rings (SSSR count). The Bertz CT molecular complexity index is 857. The van der Waals surface area contributed by atoms with Gasteiger partial charge in [-0.15, -0.1) is 5.10 Å². The number of imide groups is 1. The molecule has 0 spiro atoms. The van der Waals surface area contributed by atoms with Crippen LogP contribution in [0.5, 0.6) is 0 Å². The van der Waals surface area contributed by atoms with Crippen LogP contribution in [0.2, 0.25) is 0 Å². The maximum atomic E-state index is 12.8. The molecule has 1 aliphatic heterocycles. The van der Waals surface area contributed by atoms with E-state index < -0.39 is 23.8 Å². The topological polar surface area (TPSA) is 107 Å². The van der Waals surface area contributed by atoms with Gasteiger partial charge in [-0.3, -0.25) is 14.5 Å². The molecule has 9 nitrogen and oxygen atoms in total. The van der Waals surface area contributed by atoms with Crippen molar-refractivity contribution in [3.63, 3.8) is 0 Å². The largest absolute Gasteiger partial charge is 0.456 e. The lowest BCUT2D eigenvalue weighted by Gasteiger charge is -2.25. The van der Waals surface area contributed by atoms with Crippen LogP contribution in [0.4, 0.5) is 0 Å². The number of rotatable bonds is 8. The van der Waals surface area contributed by atoms with Crippen LogP contribution in [0.15, 0.2) is 24.3 Å². The van der Waals surface area contributed by atoms with Crippen molar-refractivity contribution in [2.24, 2.45) is 5.92 Å². The van der Waals surface area contributed by atoms with Crippen molar-refractivity contribution in [1.29, 1.82) is 0 Å². The quantitative estimate of drug-likeness (QED) is 0.504. The summed E-state index contributed by atoms with van der Waals surface area (Å²) in [5, 5.41) is 11.3. The molecule has 0 N–H and O–H groups in total. The lowest BCUT2D eigenvalue weighted by molar-refractivity contribution is -0.150. The molecule has 148 valence electrons. The highest BCUT2D eigenvalue weighted by atomic mass is 16.5. The van der Waals surface area contributed by atoms with E-state index in [1.807, 2.05) is 20.8 Å². The second-order valence-corrected chi connectivity index (χ2v) is 7.10. The molecule has 0 unspecified atom stereocenters. The number of carbonyl (C=O) groups excluding carboxylic acids is 3. The van der Waals surface area contributed by atoms with Gasteiger partial charge in [0, 0.05) is 6.54 Å². The van der Waals surface area contributed by atoms with Gasteiger partial charge in [0.05, 0.1) is 11.1 Å². The number of ether oxygens (including phenoxy) is 1. The molecule has 2 aromatic rings. The van der Waals surface area contributed by atoms with Crippen LogP contribution in [0.3, 0.4) is 0 Å². The molecule has 1 aromatic heterocycles. The van der Waals surface area contributed by atoms with Gasteiger partial charge in [-0.1, -0.05) is 32.9 Å². The third kappa shape index (κ3) is 3.78. The first kappa shape index (κ1) is 19.7. The van der Waals surface area contributed by atoms with Crippen molar-refractivity contribution in [3.8, 4) is 0 Å². The van der Waals surface area contributed by atoms with E-state index in [1.54, 1.807) is 28.9 Å². The van der Waals surface area contributed by atoms with Crippen LogP contribution < -0.4 is 0 Å². The number of aromatic nitrogens is 4. The molecule has 0 bridgehead atoms. The zero-order chi connectivity index (χ0) is 20.3. The molecule has 1 atom stereocenters. The van der Waals surface area contributed by atoms with Crippen LogP contribution in [-0.2, 0) is 22.7 Å². The lowest BCUT2D eigenvalue weighted by Crippen LogP contribution is -2.46. The Balaban J connectivity index is 1.79. The van der Waals surface area contributed by atoms with E-state index in [-0.39, 0.29) is 12.5 Å². The number of carbonyl (C=O) groups is 3. The van der Waals surface area contributed by atoms with Gasteiger partial charge in [0.15, 0.2) is 12.4 Å². The molecular weight excluding hydrogens is 362 g/mol. The number of fused-ring (bicyclic) bond motifs is 1. The van der Waals surface area contributed by atoms with Crippen molar-refractivity contribution in [3.05, 3.63) is 41.2 Å². The second-order valence-electron chi connectivity index (χ2n) is 7.10. The lowest BCUT2D eigenvalue weighted by atomic mass is 10.0. The fourth-order valence-corrected chi connectivity index (χ4v) is 3.19. The van der Waals surface area contributed by atoms with E-state index in [2.05, 4.69) is 15.5 Å². The monoisotopic (exact) mass is 385 g/mol. The van der Waals surface area contributed by atoms with Gasteiger partial charge in [0.2, 0.25) is 0 Å². The minimum atomic E-state index is -0.997. The molecule has 0 saturated heterocycles. The summed E-state index contributed by atoms with van der Waals surface area (Å²) in [6, 6.07) is 5.56. The highest BCUT2D eigenvalue weighted by Gasteiger charge is 2.43. The summed E-state index contributed by atoms with van der Waals surface area (Å²) in [7, 11) is 0. The van der Waals surface area contributed by atoms with E-state index >= 15 is 0 Å². The van der Waals surface area contributed by atoms with Gasteiger partial charge in [-0.25, -0.2) is 9.48 Å². The number of hydrogen-bond donors (Lipinski definition) is 0. The third-order valence-electron chi connectivity index (χ3n) is 4.49. The highest BCUT2D eigenvalue weighted by Crippen LogP contribution is 2.27. The van der Waals surface area contributed by atoms with E-state index in [9.17, 15) is 14.4 Å². The molecule has 0 fully saturated rings. The fraction of sp³-hybridized carbons (Fsp3) is 0.474. The molecule has 2 amide bonds. The Morgan fingerprint density at radius 2 is 1.79 bits per heavy atom. The van der Waals surface area contributed by atoms with Crippen LogP contribution in [0.25, 0.3) is 0 Å². The van der Waals surface area contributed by atoms with Crippen LogP contribution in [0, 0.1) is 5.92 Å². The molecule has 2 heterocycles. The average molecular weight is 385 g/mol. The fourth-order valence-electron chi connectivity index (χ4n) is 3.19. The molecule has 1 aromatic carbocycles. The second kappa shape index (κ2) is 8.28. The number of benzene rings is 1. The van der Waals surface area contributed by atoms with Crippen molar-refractivity contribution in [1.82, 2.24) is 25.1 Å². The van der Waals surface area contributed by atoms with Crippen LogP contribution in [-0.4, -0.2) is 48.9 Å². The van der Waals surface area contributed by atoms with Gasteiger partial charge in [0.1, 0.15) is 6.04 Å². The summed E-state index contributed by atoms with van der Waals surface area (Å²) in [6.07, 6.45) is 1.14. The molecule has 28 heavy (non-hydrogen) atoms. The predicted molar refractivity (Wildman–Crippen MR) is 98.1 cm³/mol. The van der Waals surface area contributed by atoms with E-state index in [1.165, 1.54) is 0 Å². The maximum Gasteiger partial charge on any atom is 0.329 e. The number of nitrogens with zero attached hydrogens (tertiary/aromatic N) is 5. The Morgan fingerprint density at radius 3 is 2.36 bits per heavy atom. The first-order valence-corrected chi connectivity index (χ1v) is 9.32. The summed E-state index contributed by atoms with van der Waals surface area (Å²) >= 11 is 0. The van der Waals surface area contributed by atoms with Crippen molar-refractivity contribution >= 4 is 17.8 Å². The Morgan fingerprint density at radius 1 is 1.14 bits per heavy atom. The normalized spacial score (nSPS) is 14.5. The summed E-state index contributed by atoms with van der Waals surface area (Å²) < 4.78 is 6.96. The Labute approximate surface area is 162 Å². The molecular formula is C19H23N5O4. The molecule has 0 radical (unpaired) electrons. The first-order valence-electron chi connectivity index (χ1n) is 9.32. The zero-order valence-electron chi connectivity index (χ0n) is 16.2. The van der Waals surface area contributed by atoms with Gasteiger partial charge in [0.25, 0.3) is 11.8 Å². The number of amides is 2. The summed E-state index contributed by atoms with van der Waals surface area (Å²) in [5.74, 6) is -1.10. The number of tetrazole rings is 1. The number of aryl methyl sites for hydroxylation is 1. The van der Waals surface area contributed by atoms with Crippen molar-refractivity contribution < 1.29 is 19.1 Å². The molecule has 1 aliphatic rings. The van der Waals surface area contributed by atoms with Gasteiger partial charge in [-0.2, -0.15) is 0 Å². The number of hydrogen-bond acceptors (Lipinski definition) is 7. The summed E-state index contributed by atoms with van der Waals surface area (Å²) in [5.41, 5.74) is 0.613. The van der Waals surface area contributed by atoms with Gasteiger partial charge >= 0.3 is 5.97 Å². The Kier molecular flexibility index (Phi) is 5.81. The SMILES string of the molecule is CCCn1nnnc1COC(=O)[C@H](CC(C)C)N1C(=O)c2ccccc2C1=O. The zero-order valence-corrected chi connectivity index (χ0v) is 16.2. The predicted octanol–water partition coefficient (Wildman–Crippen LogP) is 1.84. The summed E-state index contributed by atoms with van der Waals surface area (Å²) in [6.45, 7) is 6.30. The van der Waals surface area contributed by atoms with Gasteiger partial charge in [-0.05, 0) is 41.3 Å². The standard InChI is InChI=1S/C19H23N5O4/c1-4-9-23-16(20-21-22-23)11-28-19(27)15(10-12(2)3)24-17(25)13-7-5-6-8-14(13)18(24)26/h5-8,12,15H,4,9-11H2,1-3H3/t15-/m0/s1. The maximum absolute atomic E-state index is 12.8. The van der Waals surface area contributed by atoms with Crippen LogP contribution in [0.1, 0.15) is 60.2 Å². The molecule has 0 saturated carbocycles. The molecule has 0 aliphatic carbocycles. The highest BCUT2D eigenvalue weighted by molar-refractivity contribution is 6.22. The van der Waals surface area contributed by atoms with Crippen LogP contribution >= 0.6 is 0 Å². The first-order chi connectivity index (χ1) is 13.4. The van der Waals surface area contributed by atoms with Crippen molar-refractivity contribution in [2.45, 2.75) is 52.8 Å². The van der Waals surface area contributed by atoms with E-state index in [0.717, 1.165) is 11.3 Å². The number of esters is 1. The van der Waals surface area contributed by atoms with Gasteiger partial charge < -0.3 is 4.74 Å². The third-order valence-corrected chi connectivity index (χ3v) is 4.49. The smallest absolute Gasteiger partial charge is 0.329 e. The van der Waals surface area contributed by atoms with E-state index in [4.69, 9.17) is 4.74 Å².